The first-order chi connectivity index (χ1) is 21.8. The number of rotatable bonds is 13. The number of urea groups is 1. The first-order valence-corrected chi connectivity index (χ1v) is 14.2. The fourth-order valence-electron chi connectivity index (χ4n) is 4.67. The molecule has 0 spiro atoms. The number of benzene rings is 3. The number of aliphatic hydroxyl groups is 1. The van der Waals surface area contributed by atoms with Crippen LogP contribution in [0.15, 0.2) is 77.0 Å². The van der Waals surface area contributed by atoms with Crippen molar-refractivity contribution in [1.82, 2.24) is 16.1 Å². The van der Waals surface area contributed by atoms with Crippen molar-refractivity contribution in [3.05, 3.63) is 88.6 Å². The topological polar surface area (TPSA) is 158 Å². The molecule has 0 fully saturated rings. The van der Waals surface area contributed by atoms with E-state index < -0.39 is 24.3 Å². The van der Waals surface area contributed by atoms with Crippen LogP contribution in [-0.4, -0.2) is 56.7 Å². The Hall–Kier alpha value is -5.43. The van der Waals surface area contributed by atoms with Crippen molar-refractivity contribution in [3.63, 3.8) is 0 Å². The van der Waals surface area contributed by atoms with Gasteiger partial charge >= 0.3 is 12.0 Å². The summed E-state index contributed by atoms with van der Waals surface area (Å²) < 4.78 is 33.0. The van der Waals surface area contributed by atoms with Crippen LogP contribution in [0.5, 0.6) is 28.7 Å². The summed E-state index contributed by atoms with van der Waals surface area (Å²) in [6, 6.07) is 16.8. The fraction of sp³-hybridized carbons (Fsp3) is 0.281. The van der Waals surface area contributed by atoms with E-state index in [1.165, 1.54) is 7.11 Å². The number of nitrogens with one attached hydrogen (secondary N) is 3. The summed E-state index contributed by atoms with van der Waals surface area (Å²) in [6.07, 6.45) is 0.437. The molecule has 0 unspecified atom stereocenters. The van der Waals surface area contributed by atoms with Crippen molar-refractivity contribution < 1.29 is 43.1 Å². The summed E-state index contributed by atoms with van der Waals surface area (Å²) in [5, 5.41) is 19.8. The van der Waals surface area contributed by atoms with Crippen LogP contribution in [0.3, 0.4) is 0 Å². The minimum atomic E-state index is -1.13. The second-order valence-electron chi connectivity index (χ2n) is 9.96. The minimum absolute atomic E-state index is 0.139. The molecule has 2 amide bonds. The van der Waals surface area contributed by atoms with Crippen molar-refractivity contribution in [2.75, 3.05) is 27.1 Å². The Balaban J connectivity index is 1.13. The monoisotopic (exact) mass is 618 g/mol. The molecule has 0 bridgehead atoms. The zero-order valence-corrected chi connectivity index (χ0v) is 25.0. The van der Waals surface area contributed by atoms with Gasteiger partial charge in [0.15, 0.2) is 29.2 Å². The Kier molecular flexibility index (Phi) is 9.90. The lowest BCUT2D eigenvalue weighted by atomic mass is 9.95. The average Bonchev–Trinajstić information content (AvgIpc) is 3.51. The second kappa shape index (κ2) is 14.4. The van der Waals surface area contributed by atoms with E-state index in [-0.39, 0.29) is 19.0 Å². The van der Waals surface area contributed by atoms with Crippen molar-refractivity contribution in [1.29, 1.82) is 0 Å². The Morgan fingerprint density at radius 1 is 1.07 bits per heavy atom. The summed E-state index contributed by atoms with van der Waals surface area (Å²) >= 11 is 0. The normalized spacial score (nSPS) is 16.1. The van der Waals surface area contributed by atoms with Gasteiger partial charge in [-0.05, 0) is 79.1 Å². The molecule has 0 radical (unpaired) electrons. The van der Waals surface area contributed by atoms with E-state index in [1.807, 2.05) is 49.4 Å². The number of methoxy groups -OCH3 is 1. The maximum atomic E-state index is 12.4. The lowest BCUT2D eigenvalue weighted by molar-refractivity contribution is -0.136. The first-order valence-electron chi connectivity index (χ1n) is 14.2. The molecule has 3 aromatic carbocycles. The fourth-order valence-corrected chi connectivity index (χ4v) is 4.67. The van der Waals surface area contributed by atoms with Gasteiger partial charge in [-0.1, -0.05) is 12.1 Å². The van der Waals surface area contributed by atoms with Gasteiger partial charge in [-0.15, -0.1) is 0 Å². The molecular formula is C32H34N4O9. The third kappa shape index (κ3) is 7.75. The molecule has 0 saturated heterocycles. The molecule has 0 aliphatic carbocycles. The van der Waals surface area contributed by atoms with Crippen molar-refractivity contribution in [2.24, 2.45) is 5.10 Å². The highest BCUT2D eigenvalue weighted by molar-refractivity contribution is 5.95. The maximum absolute atomic E-state index is 12.4. The number of nitrogens with zero attached hydrogens (tertiary/aromatic N) is 1. The van der Waals surface area contributed by atoms with E-state index >= 15 is 0 Å². The van der Waals surface area contributed by atoms with E-state index in [1.54, 1.807) is 31.3 Å². The molecular weight excluding hydrogens is 584 g/mol. The second-order valence-corrected chi connectivity index (χ2v) is 9.96. The van der Waals surface area contributed by atoms with Crippen LogP contribution < -0.4 is 39.7 Å². The molecule has 2 heterocycles. The Morgan fingerprint density at radius 3 is 2.64 bits per heavy atom. The van der Waals surface area contributed by atoms with Gasteiger partial charge in [-0.3, -0.25) is 5.43 Å². The van der Waals surface area contributed by atoms with Crippen molar-refractivity contribution in [2.45, 2.75) is 32.7 Å². The predicted octanol–water partition coefficient (Wildman–Crippen LogP) is 3.51. The molecule has 2 atom stereocenters. The van der Waals surface area contributed by atoms with Crippen LogP contribution in [0.1, 0.15) is 36.6 Å². The van der Waals surface area contributed by atoms with Crippen LogP contribution >= 0.6 is 0 Å². The van der Waals surface area contributed by atoms with Crippen LogP contribution in [0, 0.1) is 0 Å². The maximum Gasteiger partial charge on any atom is 0.337 e. The standard InChI is InChI=1S/C32H34N4O9/c1-4-41-27-14-22(30-29(31(38)40-3)19(2)34-32(39)35-30)8-12-24(27)43-17-28(37)36-33-15-20-5-9-23(10-6-20)42-16-21-7-11-25-26(13-21)45-18-44-25/h5-15,28,30,36-37H,4,16-18H2,1-3H3,(H2,34,35,39)/b33-15-/t28-,30-/m1/s1. The van der Waals surface area contributed by atoms with E-state index in [4.69, 9.17) is 28.4 Å². The largest absolute Gasteiger partial charge is 0.490 e. The van der Waals surface area contributed by atoms with E-state index in [0.29, 0.717) is 47.5 Å². The van der Waals surface area contributed by atoms with Crippen LogP contribution in [0.2, 0.25) is 0 Å². The number of esters is 1. The van der Waals surface area contributed by atoms with Gasteiger partial charge in [0.2, 0.25) is 6.79 Å². The number of carbonyl (C=O) groups is 2. The molecule has 2 aliphatic heterocycles. The van der Waals surface area contributed by atoms with E-state index in [0.717, 1.165) is 16.9 Å². The van der Waals surface area contributed by atoms with Crippen molar-refractivity contribution >= 4 is 18.2 Å². The summed E-state index contributed by atoms with van der Waals surface area (Å²) in [5.74, 6) is 2.30. The Bertz CT molecular complexity index is 1590. The zero-order valence-electron chi connectivity index (χ0n) is 25.0. The van der Waals surface area contributed by atoms with Crippen LogP contribution in [-0.2, 0) is 16.1 Å². The quantitative estimate of drug-likeness (QED) is 0.0967. The lowest BCUT2D eigenvalue weighted by Crippen LogP contribution is -2.45. The number of carbonyl (C=O) groups excluding carboxylic acids is 2. The minimum Gasteiger partial charge on any atom is -0.490 e. The van der Waals surface area contributed by atoms with Gasteiger partial charge in [-0.2, -0.15) is 5.10 Å². The van der Waals surface area contributed by atoms with Gasteiger partial charge < -0.3 is 44.2 Å². The third-order valence-electron chi connectivity index (χ3n) is 6.83. The SMILES string of the molecule is CCOc1cc([C@H]2NC(=O)NC(C)=C2C(=O)OC)ccc1OC[C@@H](O)N/N=C\c1ccc(OCc2ccc3c(c2)OCO3)cc1. The number of ether oxygens (including phenoxy) is 6. The smallest absolute Gasteiger partial charge is 0.337 e. The Morgan fingerprint density at radius 2 is 1.87 bits per heavy atom. The molecule has 2 aliphatic rings. The predicted molar refractivity (Wildman–Crippen MR) is 162 cm³/mol. The third-order valence-corrected chi connectivity index (χ3v) is 6.83. The number of hydrogen-bond donors (Lipinski definition) is 4. The highest BCUT2D eigenvalue weighted by Gasteiger charge is 2.32. The number of amides is 2. The lowest BCUT2D eigenvalue weighted by Gasteiger charge is -2.28. The molecule has 4 N–H and O–H groups in total. The summed E-state index contributed by atoms with van der Waals surface area (Å²) in [5.41, 5.74) is 5.64. The molecule has 45 heavy (non-hydrogen) atoms. The highest BCUT2D eigenvalue weighted by atomic mass is 16.7. The molecule has 0 aromatic heterocycles. The van der Waals surface area contributed by atoms with E-state index in [9.17, 15) is 14.7 Å². The number of aliphatic hydroxyl groups excluding tert-OH is 1. The Labute approximate surface area is 259 Å². The van der Waals surface area contributed by atoms with Crippen LogP contribution in [0.4, 0.5) is 4.79 Å². The van der Waals surface area contributed by atoms with E-state index in [2.05, 4.69) is 21.2 Å². The molecule has 0 saturated carbocycles. The summed E-state index contributed by atoms with van der Waals surface area (Å²) in [4.78, 5) is 24.6. The first kappa shape index (κ1) is 31.0. The van der Waals surface area contributed by atoms with Gasteiger partial charge in [-0.25, -0.2) is 9.59 Å². The zero-order chi connectivity index (χ0) is 31.8. The number of hydrogen-bond acceptors (Lipinski definition) is 11. The van der Waals surface area contributed by atoms with Crippen molar-refractivity contribution in [3.8, 4) is 28.7 Å². The van der Waals surface area contributed by atoms with Gasteiger partial charge in [0, 0.05) is 5.70 Å². The number of hydrazone groups is 1. The molecule has 13 heteroatoms. The van der Waals surface area contributed by atoms with Crippen LogP contribution in [0.25, 0.3) is 0 Å². The van der Waals surface area contributed by atoms with Gasteiger partial charge in [0.1, 0.15) is 19.0 Å². The summed E-state index contributed by atoms with van der Waals surface area (Å²) in [7, 11) is 1.28. The number of fused-ring (bicyclic) bond motifs is 1. The molecule has 13 nitrogen and oxygen atoms in total. The average molecular weight is 619 g/mol. The van der Waals surface area contributed by atoms with Gasteiger partial charge in [0.25, 0.3) is 0 Å². The van der Waals surface area contributed by atoms with Gasteiger partial charge in [0.05, 0.1) is 31.5 Å². The summed E-state index contributed by atoms with van der Waals surface area (Å²) in [6.45, 7) is 4.25. The molecule has 236 valence electrons. The molecule has 5 rings (SSSR count). The molecule has 3 aromatic rings. The highest BCUT2D eigenvalue weighted by Crippen LogP contribution is 2.35. The number of allylic oxidation sites excluding steroid dienone is 1.